The lowest BCUT2D eigenvalue weighted by atomic mass is 10.5. The Morgan fingerprint density at radius 3 is 2.60 bits per heavy atom. The van der Waals surface area contributed by atoms with Gasteiger partial charge in [-0.15, -0.1) is 11.3 Å². The number of carbonyl (C=O) groups excluding carboxylic acids is 1. The minimum Gasteiger partial charge on any atom is -0.305 e. The fourth-order valence-corrected chi connectivity index (χ4v) is 2.19. The molecule has 0 spiro atoms. The van der Waals surface area contributed by atoms with E-state index in [2.05, 4.69) is 30.2 Å². The maximum absolute atomic E-state index is 12.0. The minimum absolute atomic E-state index is 0.287. The van der Waals surface area contributed by atoms with E-state index in [0.717, 1.165) is 0 Å². The summed E-state index contributed by atoms with van der Waals surface area (Å²) in [5.74, 6) is 0.602. The molecule has 1 N–H and O–H groups in total. The van der Waals surface area contributed by atoms with Crippen molar-refractivity contribution in [1.29, 1.82) is 0 Å². The first-order valence-corrected chi connectivity index (χ1v) is 6.45. The molecule has 0 saturated heterocycles. The van der Waals surface area contributed by atoms with E-state index in [1.807, 2.05) is 0 Å². The summed E-state index contributed by atoms with van der Waals surface area (Å²) in [5, 5.41) is 3.23. The van der Waals surface area contributed by atoms with Crippen molar-refractivity contribution in [2.75, 3.05) is 5.32 Å². The number of carbonyl (C=O) groups is 1. The van der Waals surface area contributed by atoms with Crippen LogP contribution in [0.3, 0.4) is 0 Å². The van der Waals surface area contributed by atoms with Crippen molar-refractivity contribution in [3.63, 3.8) is 0 Å². The van der Waals surface area contributed by atoms with E-state index in [1.165, 1.54) is 36.1 Å². The van der Waals surface area contributed by atoms with Crippen molar-refractivity contribution < 1.29 is 4.79 Å². The fraction of sp³-hybridized carbons (Fsp3) is 0. The van der Waals surface area contributed by atoms with Gasteiger partial charge in [0.1, 0.15) is 4.88 Å². The van der Waals surface area contributed by atoms with E-state index in [1.54, 1.807) is 18.5 Å². The highest BCUT2D eigenvalue weighted by Crippen LogP contribution is 2.22. The molecule has 98 valence electrons. The van der Waals surface area contributed by atoms with E-state index in [4.69, 9.17) is 0 Å². The van der Waals surface area contributed by atoms with Crippen LogP contribution in [0.1, 0.15) is 9.67 Å². The number of nitrogens with zero attached hydrogens (tertiary/aromatic N) is 5. The van der Waals surface area contributed by atoms with Crippen molar-refractivity contribution in [2.24, 2.45) is 0 Å². The summed E-state index contributed by atoms with van der Waals surface area (Å²) in [4.78, 5) is 32.6. The molecule has 0 aliphatic carbocycles. The number of anilines is 1. The van der Waals surface area contributed by atoms with Crippen LogP contribution in [0.5, 0.6) is 0 Å². The molecule has 3 heterocycles. The van der Waals surface area contributed by atoms with Gasteiger partial charge in [-0.1, -0.05) is 0 Å². The first-order valence-electron chi connectivity index (χ1n) is 5.63. The van der Waals surface area contributed by atoms with Gasteiger partial charge >= 0.3 is 0 Å². The molecule has 20 heavy (non-hydrogen) atoms. The molecule has 0 bridgehead atoms. The standard InChI is InChI=1S/C12H8N6OS/c19-11(18-9-7-13-4-5-14-9)8-6-17-12(20-8)10-15-2-1-3-16-10/h1-7H,(H,14,18,19). The predicted octanol–water partition coefficient (Wildman–Crippen LogP) is 1.64. The zero-order valence-electron chi connectivity index (χ0n) is 10.1. The fourth-order valence-electron chi connectivity index (χ4n) is 1.43. The molecule has 1 amide bonds. The highest BCUT2D eigenvalue weighted by Gasteiger charge is 2.13. The number of aromatic nitrogens is 5. The van der Waals surface area contributed by atoms with Crippen LogP contribution < -0.4 is 5.32 Å². The second-order valence-corrected chi connectivity index (χ2v) is 4.68. The lowest BCUT2D eigenvalue weighted by Gasteiger charge is -1.99. The first kappa shape index (κ1) is 12.3. The number of amides is 1. The summed E-state index contributed by atoms with van der Waals surface area (Å²) in [6.07, 6.45) is 9.26. The van der Waals surface area contributed by atoms with Gasteiger partial charge in [0.05, 0.1) is 12.4 Å². The molecule has 0 aliphatic heterocycles. The van der Waals surface area contributed by atoms with E-state index in [0.29, 0.717) is 21.5 Å². The van der Waals surface area contributed by atoms with Crippen LogP contribution in [0.2, 0.25) is 0 Å². The highest BCUT2D eigenvalue weighted by molar-refractivity contribution is 7.16. The molecule has 8 heteroatoms. The average molecular weight is 284 g/mol. The van der Waals surface area contributed by atoms with Crippen LogP contribution in [0.25, 0.3) is 10.8 Å². The van der Waals surface area contributed by atoms with Crippen LogP contribution in [0, 0.1) is 0 Å². The van der Waals surface area contributed by atoms with Crippen molar-refractivity contribution in [2.45, 2.75) is 0 Å². The molecule has 0 atom stereocenters. The molecule has 3 aromatic heterocycles. The molecule has 0 saturated carbocycles. The second kappa shape index (κ2) is 5.49. The number of rotatable bonds is 3. The predicted molar refractivity (Wildman–Crippen MR) is 73.1 cm³/mol. The first-order chi connectivity index (χ1) is 9.83. The van der Waals surface area contributed by atoms with E-state index < -0.39 is 0 Å². The van der Waals surface area contributed by atoms with Gasteiger partial charge in [0, 0.05) is 24.8 Å². The Bertz CT molecular complexity index is 715. The Balaban J connectivity index is 1.79. The zero-order chi connectivity index (χ0) is 13.8. The Morgan fingerprint density at radius 2 is 1.85 bits per heavy atom. The molecule has 0 unspecified atom stereocenters. The number of hydrogen-bond donors (Lipinski definition) is 1. The second-order valence-electron chi connectivity index (χ2n) is 3.65. The van der Waals surface area contributed by atoms with Crippen LogP contribution in [0.4, 0.5) is 5.82 Å². The van der Waals surface area contributed by atoms with Crippen LogP contribution in [-0.4, -0.2) is 30.8 Å². The molecular formula is C12H8N6OS. The van der Waals surface area contributed by atoms with Gasteiger partial charge in [-0.05, 0) is 6.07 Å². The van der Waals surface area contributed by atoms with Crippen LogP contribution >= 0.6 is 11.3 Å². The topological polar surface area (TPSA) is 93.6 Å². The normalized spacial score (nSPS) is 10.2. The Morgan fingerprint density at radius 1 is 1.00 bits per heavy atom. The summed E-state index contributed by atoms with van der Waals surface area (Å²) in [6.45, 7) is 0. The number of nitrogens with one attached hydrogen (secondary N) is 1. The van der Waals surface area contributed by atoms with Crippen molar-refractivity contribution in [3.8, 4) is 10.8 Å². The zero-order valence-corrected chi connectivity index (χ0v) is 10.9. The van der Waals surface area contributed by atoms with Gasteiger partial charge in [0.2, 0.25) is 0 Å². The molecule has 7 nitrogen and oxygen atoms in total. The summed E-state index contributed by atoms with van der Waals surface area (Å²) >= 11 is 1.22. The summed E-state index contributed by atoms with van der Waals surface area (Å²) in [6, 6.07) is 1.72. The van der Waals surface area contributed by atoms with Crippen molar-refractivity contribution in [3.05, 3.63) is 48.1 Å². The number of hydrogen-bond acceptors (Lipinski definition) is 7. The van der Waals surface area contributed by atoms with Crippen LogP contribution in [-0.2, 0) is 0 Å². The van der Waals surface area contributed by atoms with Gasteiger partial charge in [-0.2, -0.15) is 0 Å². The molecule has 0 aromatic carbocycles. The molecule has 3 rings (SSSR count). The Kier molecular flexibility index (Phi) is 3.38. The third-order valence-electron chi connectivity index (χ3n) is 2.29. The largest absolute Gasteiger partial charge is 0.305 e. The molecule has 0 fully saturated rings. The maximum atomic E-state index is 12.0. The van der Waals surface area contributed by atoms with Gasteiger partial charge in [0.15, 0.2) is 16.6 Å². The van der Waals surface area contributed by atoms with Gasteiger partial charge in [0.25, 0.3) is 5.91 Å². The monoisotopic (exact) mass is 284 g/mol. The lowest BCUT2D eigenvalue weighted by Crippen LogP contribution is -2.11. The minimum atomic E-state index is -0.287. The third kappa shape index (κ3) is 2.64. The summed E-state index contributed by atoms with van der Waals surface area (Å²) in [5.41, 5.74) is 0. The van der Waals surface area contributed by atoms with Crippen molar-refractivity contribution >= 4 is 23.1 Å². The van der Waals surface area contributed by atoms with Gasteiger partial charge < -0.3 is 5.32 Å². The molecular weight excluding hydrogens is 276 g/mol. The summed E-state index contributed by atoms with van der Waals surface area (Å²) < 4.78 is 0. The summed E-state index contributed by atoms with van der Waals surface area (Å²) in [7, 11) is 0. The number of thiazole rings is 1. The van der Waals surface area contributed by atoms with E-state index >= 15 is 0 Å². The average Bonchev–Trinajstić information content (AvgIpc) is 2.99. The lowest BCUT2D eigenvalue weighted by molar-refractivity contribution is 0.103. The quantitative estimate of drug-likeness (QED) is 0.785. The van der Waals surface area contributed by atoms with Gasteiger partial charge in [-0.3, -0.25) is 9.78 Å². The van der Waals surface area contributed by atoms with Crippen LogP contribution in [0.15, 0.2) is 43.2 Å². The maximum Gasteiger partial charge on any atom is 0.268 e. The Hall–Kier alpha value is -2.74. The van der Waals surface area contributed by atoms with E-state index in [-0.39, 0.29) is 5.91 Å². The molecule has 0 aliphatic rings. The molecule has 0 radical (unpaired) electrons. The van der Waals surface area contributed by atoms with E-state index in [9.17, 15) is 4.79 Å². The molecule has 3 aromatic rings. The van der Waals surface area contributed by atoms with Crippen molar-refractivity contribution in [1.82, 2.24) is 24.9 Å². The van der Waals surface area contributed by atoms with Gasteiger partial charge in [-0.25, -0.2) is 19.9 Å². The highest BCUT2D eigenvalue weighted by atomic mass is 32.1. The SMILES string of the molecule is O=C(Nc1cnccn1)c1cnc(-c2ncccn2)s1. The third-order valence-corrected chi connectivity index (χ3v) is 3.28. The Labute approximate surface area is 117 Å². The smallest absolute Gasteiger partial charge is 0.268 e.